The van der Waals surface area contributed by atoms with Gasteiger partial charge in [-0.05, 0) is 30.2 Å². The summed E-state index contributed by atoms with van der Waals surface area (Å²) in [5, 5.41) is 2.57. The van der Waals surface area contributed by atoms with E-state index in [2.05, 4.69) is 5.32 Å². The average Bonchev–Trinajstić information content (AvgIpc) is 2.41. The van der Waals surface area contributed by atoms with Gasteiger partial charge in [0.05, 0.1) is 12.1 Å². The molecule has 3 N–H and O–H groups in total. The van der Waals surface area contributed by atoms with Crippen LogP contribution in [0.1, 0.15) is 16.7 Å². The molecule has 0 aliphatic heterocycles. The van der Waals surface area contributed by atoms with Crippen molar-refractivity contribution in [3.63, 3.8) is 0 Å². The highest BCUT2D eigenvalue weighted by Gasteiger charge is 2.08. The van der Waals surface area contributed by atoms with Crippen LogP contribution in [0.4, 0.5) is 10.1 Å². The summed E-state index contributed by atoms with van der Waals surface area (Å²) in [6.07, 6.45) is 0.222. The zero-order valence-electron chi connectivity index (χ0n) is 11.3. The van der Waals surface area contributed by atoms with Crippen molar-refractivity contribution >= 4 is 11.6 Å². The van der Waals surface area contributed by atoms with Crippen molar-refractivity contribution in [1.29, 1.82) is 0 Å². The van der Waals surface area contributed by atoms with E-state index in [1.54, 1.807) is 6.07 Å². The Morgan fingerprint density at radius 3 is 2.65 bits per heavy atom. The average molecular weight is 272 g/mol. The van der Waals surface area contributed by atoms with Gasteiger partial charge in [-0.25, -0.2) is 4.39 Å². The maximum atomic E-state index is 13.7. The number of hydrogen-bond donors (Lipinski definition) is 2. The van der Waals surface area contributed by atoms with Gasteiger partial charge in [-0.3, -0.25) is 4.79 Å². The monoisotopic (exact) mass is 272 g/mol. The second-order valence-corrected chi connectivity index (χ2v) is 4.73. The molecule has 0 saturated carbocycles. The molecule has 3 nitrogen and oxygen atoms in total. The highest BCUT2D eigenvalue weighted by atomic mass is 19.1. The standard InChI is InChI=1S/C16H17FN2O/c1-11-3-2-4-12(7-11)9-16(20)19-15-6-5-13(10-18)8-14(15)17/h2-8H,9-10,18H2,1H3,(H,19,20). The predicted molar refractivity (Wildman–Crippen MR) is 77.8 cm³/mol. The van der Waals surface area contributed by atoms with E-state index < -0.39 is 5.82 Å². The molecule has 0 bridgehead atoms. The first-order valence-electron chi connectivity index (χ1n) is 6.42. The molecule has 0 aliphatic rings. The van der Waals surface area contributed by atoms with Gasteiger partial charge < -0.3 is 11.1 Å². The third kappa shape index (κ3) is 3.65. The smallest absolute Gasteiger partial charge is 0.228 e. The fraction of sp³-hybridized carbons (Fsp3) is 0.188. The van der Waals surface area contributed by atoms with Crippen molar-refractivity contribution in [1.82, 2.24) is 0 Å². The van der Waals surface area contributed by atoms with Gasteiger partial charge in [0.15, 0.2) is 0 Å². The molecule has 2 rings (SSSR count). The lowest BCUT2D eigenvalue weighted by Crippen LogP contribution is -2.15. The quantitative estimate of drug-likeness (QED) is 0.899. The number of nitrogens with one attached hydrogen (secondary N) is 1. The fourth-order valence-corrected chi connectivity index (χ4v) is 1.99. The van der Waals surface area contributed by atoms with Gasteiger partial charge >= 0.3 is 0 Å². The molecule has 2 aromatic carbocycles. The van der Waals surface area contributed by atoms with Crippen LogP contribution in [0.3, 0.4) is 0 Å². The van der Waals surface area contributed by atoms with E-state index in [-0.39, 0.29) is 24.6 Å². The lowest BCUT2D eigenvalue weighted by Gasteiger charge is -2.08. The Kier molecular flexibility index (Phi) is 4.48. The van der Waals surface area contributed by atoms with Crippen LogP contribution >= 0.6 is 0 Å². The Balaban J connectivity index is 2.05. The van der Waals surface area contributed by atoms with Crippen molar-refractivity contribution in [2.75, 3.05) is 5.32 Å². The number of halogens is 1. The van der Waals surface area contributed by atoms with Crippen LogP contribution in [0.5, 0.6) is 0 Å². The molecule has 0 unspecified atom stereocenters. The minimum absolute atomic E-state index is 0.180. The van der Waals surface area contributed by atoms with E-state index in [1.807, 2.05) is 31.2 Å². The van der Waals surface area contributed by atoms with Gasteiger partial charge in [0.2, 0.25) is 5.91 Å². The molecular formula is C16H17FN2O. The molecule has 104 valence electrons. The Morgan fingerprint density at radius 2 is 2.00 bits per heavy atom. The lowest BCUT2D eigenvalue weighted by molar-refractivity contribution is -0.115. The molecule has 0 aromatic heterocycles. The van der Waals surface area contributed by atoms with Crippen LogP contribution in [0, 0.1) is 12.7 Å². The molecular weight excluding hydrogens is 255 g/mol. The predicted octanol–water partition coefficient (Wildman–Crippen LogP) is 2.77. The number of carbonyl (C=O) groups excluding carboxylic acids is 1. The zero-order chi connectivity index (χ0) is 14.5. The Morgan fingerprint density at radius 1 is 1.20 bits per heavy atom. The summed E-state index contributed by atoms with van der Waals surface area (Å²) >= 11 is 0. The molecule has 0 aliphatic carbocycles. The van der Waals surface area contributed by atoms with Crippen LogP contribution in [0.2, 0.25) is 0 Å². The number of hydrogen-bond acceptors (Lipinski definition) is 2. The maximum absolute atomic E-state index is 13.7. The van der Waals surface area contributed by atoms with Gasteiger partial charge in [-0.1, -0.05) is 35.9 Å². The minimum Gasteiger partial charge on any atom is -0.326 e. The molecule has 2 aromatic rings. The molecule has 0 heterocycles. The SMILES string of the molecule is Cc1cccc(CC(=O)Nc2ccc(CN)cc2F)c1. The van der Waals surface area contributed by atoms with Gasteiger partial charge in [0.25, 0.3) is 0 Å². The van der Waals surface area contributed by atoms with Crippen LogP contribution < -0.4 is 11.1 Å². The van der Waals surface area contributed by atoms with Crippen molar-refractivity contribution < 1.29 is 9.18 Å². The summed E-state index contributed by atoms with van der Waals surface area (Å²) in [7, 11) is 0. The van der Waals surface area contributed by atoms with Crippen LogP contribution in [0.15, 0.2) is 42.5 Å². The molecule has 0 atom stereocenters. The first kappa shape index (κ1) is 14.2. The number of nitrogens with two attached hydrogens (primary N) is 1. The first-order chi connectivity index (χ1) is 9.58. The second kappa shape index (κ2) is 6.30. The topological polar surface area (TPSA) is 55.1 Å². The number of aryl methyl sites for hydroxylation is 1. The highest BCUT2D eigenvalue weighted by molar-refractivity contribution is 5.92. The zero-order valence-corrected chi connectivity index (χ0v) is 11.3. The van der Waals surface area contributed by atoms with Crippen LogP contribution in [0.25, 0.3) is 0 Å². The molecule has 20 heavy (non-hydrogen) atoms. The normalized spacial score (nSPS) is 10.3. The highest BCUT2D eigenvalue weighted by Crippen LogP contribution is 2.16. The van der Waals surface area contributed by atoms with E-state index in [1.165, 1.54) is 12.1 Å². The lowest BCUT2D eigenvalue weighted by atomic mass is 10.1. The largest absolute Gasteiger partial charge is 0.326 e. The summed E-state index contributed by atoms with van der Waals surface area (Å²) in [5.41, 5.74) is 8.30. The van der Waals surface area contributed by atoms with Crippen molar-refractivity contribution in [2.24, 2.45) is 5.73 Å². The molecule has 0 spiro atoms. The molecule has 0 fully saturated rings. The fourth-order valence-electron chi connectivity index (χ4n) is 1.99. The van der Waals surface area contributed by atoms with Gasteiger partial charge in [0, 0.05) is 6.54 Å². The molecule has 1 amide bonds. The van der Waals surface area contributed by atoms with E-state index in [9.17, 15) is 9.18 Å². The van der Waals surface area contributed by atoms with Gasteiger partial charge in [0.1, 0.15) is 5.82 Å². The van der Waals surface area contributed by atoms with Crippen molar-refractivity contribution in [2.45, 2.75) is 19.9 Å². The second-order valence-electron chi connectivity index (χ2n) is 4.73. The van der Waals surface area contributed by atoms with Crippen LogP contribution in [-0.4, -0.2) is 5.91 Å². The van der Waals surface area contributed by atoms with Crippen molar-refractivity contribution in [3.05, 3.63) is 65.0 Å². The van der Waals surface area contributed by atoms with Gasteiger partial charge in [-0.2, -0.15) is 0 Å². The number of carbonyl (C=O) groups is 1. The Hall–Kier alpha value is -2.20. The number of benzene rings is 2. The number of anilines is 1. The molecule has 4 heteroatoms. The number of amides is 1. The van der Waals surface area contributed by atoms with E-state index in [4.69, 9.17) is 5.73 Å². The van der Waals surface area contributed by atoms with E-state index >= 15 is 0 Å². The van der Waals surface area contributed by atoms with E-state index in [0.717, 1.165) is 11.1 Å². The Bertz CT molecular complexity index is 626. The summed E-state index contributed by atoms with van der Waals surface area (Å²) in [6, 6.07) is 12.2. The van der Waals surface area contributed by atoms with Crippen LogP contribution in [-0.2, 0) is 17.8 Å². The third-order valence-electron chi connectivity index (χ3n) is 2.99. The summed E-state index contributed by atoms with van der Waals surface area (Å²) in [4.78, 5) is 11.9. The number of rotatable bonds is 4. The summed E-state index contributed by atoms with van der Waals surface area (Å²) in [5.74, 6) is -0.708. The first-order valence-corrected chi connectivity index (χ1v) is 6.42. The third-order valence-corrected chi connectivity index (χ3v) is 2.99. The minimum atomic E-state index is -0.467. The van der Waals surface area contributed by atoms with E-state index in [0.29, 0.717) is 5.56 Å². The maximum Gasteiger partial charge on any atom is 0.228 e. The summed E-state index contributed by atoms with van der Waals surface area (Å²) in [6.45, 7) is 2.24. The molecule has 0 radical (unpaired) electrons. The Labute approximate surface area is 117 Å². The summed E-state index contributed by atoms with van der Waals surface area (Å²) < 4.78 is 13.7. The molecule has 0 saturated heterocycles. The van der Waals surface area contributed by atoms with Gasteiger partial charge in [-0.15, -0.1) is 0 Å². The van der Waals surface area contributed by atoms with Crippen molar-refractivity contribution in [3.8, 4) is 0 Å².